The molecular weight excluding hydrogens is 314 g/mol. The first kappa shape index (κ1) is 15.8. The van der Waals surface area contributed by atoms with Crippen molar-refractivity contribution in [2.75, 3.05) is 7.11 Å². The Kier molecular flexibility index (Phi) is 4.18. The molecule has 0 unspecified atom stereocenters. The molecule has 0 bridgehead atoms. The Balaban J connectivity index is 1.43. The third kappa shape index (κ3) is 3.25. The van der Waals surface area contributed by atoms with Crippen molar-refractivity contribution >= 4 is 16.9 Å². The van der Waals surface area contributed by atoms with Gasteiger partial charge in [0.2, 0.25) is 5.91 Å². The number of nitrogens with one attached hydrogen (secondary N) is 1. The summed E-state index contributed by atoms with van der Waals surface area (Å²) < 4.78 is 10.8. The predicted octanol–water partition coefficient (Wildman–Crippen LogP) is 3.79. The van der Waals surface area contributed by atoms with Crippen LogP contribution in [-0.4, -0.2) is 13.0 Å². The highest BCUT2D eigenvalue weighted by molar-refractivity contribution is 5.88. The molecule has 1 aromatic heterocycles. The number of furan rings is 1. The highest BCUT2D eigenvalue weighted by Gasteiger charge is 2.16. The molecule has 0 saturated heterocycles. The highest BCUT2D eigenvalue weighted by atomic mass is 16.5. The molecular formula is C21H21NO3. The number of methoxy groups -OCH3 is 1. The van der Waals surface area contributed by atoms with Gasteiger partial charge in [-0.3, -0.25) is 4.79 Å². The van der Waals surface area contributed by atoms with Crippen LogP contribution >= 0.6 is 0 Å². The van der Waals surface area contributed by atoms with E-state index in [-0.39, 0.29) is 5.91 Å². The van der Waals surface area contributed by atoms with Crippen molar-refractivity contribution in [3.63, 3.8) is 0 Å². The lowest BCUT2D eigenvalue weighted by Crippen LogP contribution is -2.24. The minimum absolute atomic E-state index is 0.000911. The van der Waals surface area contributed by atoms with E-state index in [1.807, 2.05) is 24.3 Å². The maximum Gasteiger partial charge on any atom is 0.224 e. The van der Waals surface area contributed by atoms with Gasteiger partial charge in [0.25, 0.3) is 0 Å². The summed E-state index contributed by atoms with van der Waals surface area (Å²) in [6.45, 7) is 0.508. The number of hydrogen-bond donors (Lipinski definition) is 1. The first-order valence-corrected chi connectivity index (χ1v) is 8.64. The zero-order chi connectivity index (χ0) is 17.2. The van der Waals surface area contributed by atoms with Crippen molar-refractivity contribution in [2.24, 2.45) is 0 Å². The average molecular weight is 335 g/mol. The third-order valence-corrected chi connectivity index (χ3v) is 4.87. The van der Waals surface area contributed by atoms with Crippen molar-refractivity contribution in [1.29, 1.82) is 0 Å². The molecule has 1 aliphatic rings. The van der Waals surface area contributed by atoms with Gasteiger partial charge in [0.05, 0.1) is 19.8 Å². The van der Waals surface area contributed by atoms with Crippen LogP contribution in [0.4, 0.5) is 0 Å². The van der Waals surface area contributed by atoms with Gasteiger partial charge in [0.1, 0.15) is 11.3 Å². The number of rotatable bonds is 5. The van der Waals surface area contributed by atoms with E-state index in [9.17, 15) is 4.79 Å². The Bertz CT molecular complexity index is 909. The molecule has 128 valence electrons. The lowest BCUT2D eigenvalue weighted by atomic mass is 10.0. The summed E-state index contributed by atoms with van der Waals surface area (Å²) in [4.78, 5) is 12.3. The number of carbonyl (C=O) groups is 1. The number of ether oxygens (including phenoxy) is 1. The van der Waals surface area contributed by atoms with Gasteiger partial charge in [-0.05, 0) is 60.2 Å². The molecule has 0 atom stereocenters. The van der Waals surface area contributed by atoms with Gasteiger partial charge in [-0.15, -0.1) is 0 Å². The molecule has 1 N–H and O–H groups in total. The standard InChI is InChI=1S/C21H21NO3/c1-24-18-7-5-14(6-8-18)12-22-21(23)11-17-13-25-20-10-16-4-2-3-15(16)9-19(17)20/h5-10,13H,2-4,11-12H2,1H3,(H,22,23). The van der Waals surface area contributed by atoms with E-state index in [0.29, 0.717) is 13.0 Å². The maximum atomic E-state index is 12.3. The van der Waals surface area contributed by atoms with Gasteiger partial charge in [-0.2, -0.15) is 0 Å². The normalized spacial score (nSPS) is 13.0. The van der Waals surface area contributed by atoms with Crippen molar-refractivity contribution < 1.29 is 13.9 Å². The van der Waals surface area contributed by atoms with Gasteiger partial charge in [0, 0.05) is 17.5 Å². The first-order chi connectivity index (χ1) is 12.2. The van der Waals surface area contributed by atoms with Crippen LogP contribution in [0.25, 0.3) is 11.0 Å². The van der Waals surface area contributed by atoms with E-state index in [0.717, 1.165) is 40.7 Å². The fourth-order valence-electron chi connectivity index (χ4n) is 3.46. The molecule has 25 heavy (non-hydrogen) atoms. The van der Waals surface area contributed by atoms with Gasteiger partial charge < -0.3 is 14.5 Å². The van der Waals surface area contributed by atoms with Crippen LogP contribution in [0.3, 0.4) is 0 Å². The molecule has 0 saturated carbocycles. The molecule has 1 heterocycles. The Morgan fingerprint density at radius 2 is 1.92 bits per heavy atom. The lowest BCUT2D eigenvalue weighted by Gasteiger charge is -2.06. The highest BCUT2D eigenvalue weighted by Crippen LogP contribution is 2.30. The predicted molar refractivity (Wildman–Crippen MR) is 96.8 cm³/mol. The smallest absolute Gasteiger partial charge is 0.224 e. The SMILES string of the molecule is COc1ccc(CNC(=O)Cc2coc3cc4c(cc23)CCC4)cc1. The Morgan fingerprint density at radius 1 is 1.16 bits per heavy atom. The number of fused-ring (bicyclic) bond motifs is 2. The summed E-state index contributed by atoms with van der Waals surface area (Å²) in [5.74, 6) is 0.812. The van der Waals surface area contributed by atoms with E-state index < -0.39 is 0 Å². The van der Waals surface area contributed by atoms with E-state index in [1.165, 1.54) is 17.5 Å². The van der Waals surface area contributed by atoms with Crippen LogP contribution < -0.4 is 10.1 Å². The third-order valence-electron chi connectivity index (χ3n) is 4.87. The van der Waals surface area contributed by atoms with Crippen LogP contribution in [0.2, 0.25) is 0 Å². The summed E-state index contributed by atoms with van der Waals surface area (Å²) in [5, 5.41) is 4.04. The van der Waals surface area contributed by atoms with Crippen molar-refractivity contribution in [3.05, 3.63) is 64.9 Å². The summed E-state index contributed by atoms with van der Waals surface area (Å²) in [5.41, 5.74) is 5.67. The monoisotopic (exact) mass is 335 g/mol. The largest absolute Gasteiger partial charge is 0.497 e. The second-order valence-corrected chi connectivity index (χ2v) is 6.53. The molecule has 0 spiro atoms. The maximum absolute atomic E-state index is 12.3. The average Bonchev–Trinajstić information content (AvgIpc) is 3.25. The topological polar surface area (TPSA) is 51.5 Å². The molecule has 4 rings (SSSR count). The van der Waals surface area contributed by atoms with Gasteiger partial charge in [0.15, 0.2) is 0 Å². The number of carbonyl (C=O) groups excluding carboxylic acids is 1. The zero-order valence-corrected chi connectivity index (χ0v) is 14.3. The fourth-order valence-corrected chi connectivity index (χ4v) is 3.46. The molecule has 0 radical (unpaired) electrons. The van der Waals surface area contributed by atoms with Gasteiger partial charge in [-0.1, -0.05) is 12.1 Å². The van der Waals surface area contributed by atoms with E-state index in [2.05, 4.69) is 17.4 Å². The number of hydrogen-bond acceptors (Lipinski definition) is 3. The second-order valence-electron chi connectivity index (χ2n) is 6.53. The molecule has 0 fully saturated rings. The molecule has 3 aromatic rings. The molecule has 2 aromatic carbocycles. The number of benzene rings is 2. The fraction of sp³-hybridized carbons (Fsp3) is 0.286. The van der Waals surface area contributed by atoms with Crippen LogP contribution in [0.1, 0.15) is 28.7 Å². The molecule has 1 aliphatic carbocycles. The molecule has 0 aliphatic heterocycles. The quantitative estimate of drug-likeness (QED) is 0.772. The minimum atomic E-state index is -0.000911. The van der Waals surface area contributed by atoms with E-state index in [1.54, 1.807) is 13.4 Å². The van der Waals surface area contributed by atoms with Gasteiger partial charge >= 0.3 is 0 Å². The van der Waals surface area contributed by atoms with Crippen LogP contribution in [0.5, 0.6) is 5.75 Å². The number of amides is 1. The van der Waals surface area contributed by atoms with Crippen molar-refractivity contribution in [2.45, 2.75) is 32.2 Å². The Hall–Kier alpha value is -2.75. The molecule has 4 nitrogen and oxygen atoms in total. The van der Waals surface area contributed by atoms with Crippen molar-refractivity contribution in [1.82, 2.24) is 5.32 Å². The first-order valence-electron chi connectivity index (χ1n) is 8.64. The Labute approximate surface area is 146 Å². The lowest BCUT2D eigenvalue weighted by molar-refractivity contribution is -0.120. The number of aryl methyl sites for hydroxylation is 2. The zero-order valence-electron chi connectivity index (χ0n) is 14.3. The second kappa shape index (κ2) is 6.63. The van der Waals surface area contributed by atoms with Crippen LogP contribution in [-0.2, 0) is 30.6 Å². The van der Waals surface area contributed by atoms with E-state index >= 15 is 0 Å². The summed E-state index contributed by atoms with van der Waals surface area (Å²) in [6.07, 6.45) is 5.51. The Morgan fingerprint density at radius 3 is 2.68 bits per heavy atom. The summed E-state index contributed by atoms with van der Waals surface area (Å²) in [7, 11) is 1.64. The summed E-state index contributed by atoms with van der Waals surface area (Å²) >= 11 is 0. The van der Waals surface area contributed by atoms with Crippen LogP contribution in [0, 0.1) is 0 Å². The van der Waals surface area contributed by atoms with Crippen LogP contribution in [0.15, 0.2) is 47.1 Å². The minimum Gasteiger partial charge on any atom is -0.497 e. The van der Waals surface area contributed by atoms with E-state index in [4.69, 9.17) is 9.15 Å². The molecule has 4 heteroatoms. The van der Waals surface area contributed by atoms with Crippen molar-refractivity contribution in [3.8, 4) is 5.75 Å². The van der Waals surface area contributed by atoms with Gasteiger partial charge in [-0.25, -0.2) is 0 Å². The summed E-state index contributed by atoms with van der Waals surface area (Å²) in [6, 6.07) is 12.0. The molecule has 1 amide bonds.